The highest BCUT2D eigenvalue weighted by Crippen LogP contribution is 2.31. The van der Waals surface area contributed by atoms with Crippen LogP contribution in [-0.4, -0.2) is 44.5 Å². The first kappa shape index (κ1) is 19.4. The number of amides is 1. The zero-order valence-corrected chi connectivity index (χ0v) is 15.9. The van der Waals surface area contributed by atoms with Crippen molar-refractivity contribution in [3.63, 3.8) is 0 Å². The van der Waals surface area contributed by atoms with E-state index in [2.05, 4.69) is 10.2 Å². The maximum absolute atomic E-state index is 12.3. The number of nitrogen functional groups attached to an aromatic ring is 1. The number of aromatic nitrogens is 3. The lowest BCUT2D eigenvalue weighted by atomic mass is 10.2. The summed E-state index contributed by atoms with van der Waals surface area (Å²) in [5.41, 5.74) is 0.557. The number of hydrogen-bond donors (Lipinski definition) is 1. The first-order valence-electron chi connectivity index (χ1n) is 7.29. The van der Waals surface area contributed by atoms with Gasteiger partial charge in [-0.3, -0.25) is 4.79 Å². The molecule has 2 N–H and O–H groups in total. The number of hydrogen-bond acceptors (Lipinski definition) is 6. The van der Waals surface area contributed by atoms with E-state index in [1.54, 1.807) is 32.2 Å². The van der Waals surface area contributed by atoms with Gasteiger partial charge in [-0.15, -0.1) is 10.2 Å². The number of carbonyl (C=O) groups excluding carboxylic acids is 1. The average Bonchev–Trinajstić information content (AvgIpc) is 2.94. The van der Waals surface area contributed by atoms with Crippen LogP contribution in [0.1, 0.15) is 13.3 Å². The van der Waals surface area contributed by atoms with E-state index in [-0.39, 0.29) is 12.3 Å². The lowest BCUT2D eigenvalue weighted by molar-refractivity contribution is -0.128. The van der Waals surface area contributed by atoms with Crippen molar-refractivity contribution >= 4 is 40.9 Å². The van der Waals surface area contributed by atoms with Crippen molar-refractivity contribution in [1.29, 1.82) is 5.26 Å². The van der Waals surface area contributed by atoms with Crippen LogP contribution < -0.4 is 5.84 Å². The van der Waals surface area contributed by atoms with Gasteiger partial charge < -0.3 is 10.7 Å². The third-order valence-electron chi connectivity index (χ3n) is 3.40. The molecule has 0 aliphatic heterocycles. The number of benzene rings is 1. The van der Waals surface area contributed by atoms with Crippen LogP contribution in [0.3, 0.4) is 0 Å². The molecule has 1 amide bonds. The van der Waals surface area contributed by atoms with Crippen molar-refractivity contribution in [3.05, 3.63) is 28.2 Å². The summed E-state index contributed by atoms with van der Waals surface area (Å²) in [6.45, 7) is 2.12. The van der Waals surface area contributed by atoms with E-state index in [4.69, 9.17) is 34.3 Å². The van der Waals surface area contributed by atoms with E-state index in [1.807, 2.05) is 6.07 Å². The zero-order valence-electron chi connectivity index (χ0n) is 13.6. The Morgan fingerprint density at radius 1 is 1.48 bits per heavy atom. The van der Waals surface area contributed by atoms with Gasteiger partial charge in [-0.1, -0.05) is 35.0 Å². The summed E-state index contributed by atoms with van der Waals surface area (Å²) in [6, 6.07) is 6.98. The lowest BCUT2D eigenvalue weighted by Gasteiger charge is -2.19. The van der Waals surface area contributed by atoms with E-state index >= 15 is 0 Å². The van der Waals surface area contributed by atoms with Gasteiger partial charge in [-0.2, -0.15) is 5.26 Å². The van der Waals surface area contributed by atoms with Crippen molar-refractivity contribution in [2.45, 2.75) is 23.8 Å². The molecule has 0 saturated carbocycles. The highest BCUT2D eigenvalue weighted by Gasteiger charge is 2.23. The molecular formula is C15H16Cl2N6OS. The Morgan fingerprint density at radius 3 is 2.88 bits per heavy atom. The summed E-state index contributed by atoms with van der Waals surface area (Å²) >= 11 is 13.3. The van der Waals surface area contributed by atoms with Gasteiger partial charge in [-0.25, -0.2) is 4.68 Å². The fraction of sp³-hybridized carbons (Fsp3) is 0.333. The third-order valence-corrected chi connectivity index (χ3v) is 5.01. The molecule has 1 aromatic carbocycles. The Morgan fingerprint density at radius 2 is 2.20 bits per heavy atom. The van der Waals surface area contributed by atoms with Gasteiger partial charge in [0.1, 0.15) is 0 Å². The summed E-state index contributed by atoms with van der Waals surface area (Å²) in [5.74, 6) is 6.29. The topological polar surface area (TPSA) is 101 Å². The largest absolute Gasteiger partial charge is 0.344 e. The Labute approximate surface area is 159 Å². The van der Waals surface area contributed by atoms with Crippen molar-refractivity contribution in [2.24, 2.45) is 0 Å². The SMILES string of the molecule is C[C@@H](Sc1nnc(-c2cc(Cl)ccc2Cl)n1N)C(=O)N(C)CCC#N. The van der Waals surface area contributed by atoms with Crippen LogP contribution in [0.25, 0.3) is 11.4 Å². The van der Waals surface area contributed by atoms with Gasteiger partial charge in [0.25, 0.3) is 0 Å². The molecule has 25 heavy (non-hydrogen) atoms. The summed E-state index contributed by atoms with van der Waals surface area (Å²) < 4.78 is 1.28. The molecule has 0 bridgehead atoms. The van der Waals surface area contributed by atoms with Crippen LogP contribution in [0, 0.1) is 11.3 Å². The van der Waals surface area contributed by atoms with E-state index in [0.717, 1.165) is 0 Å². The minimum Gasteiger partial charge on any atom is -0.344 e. The zero-order chi connectivity index (χ0) is 18.6. The number of thioether (sulfide) groups is 1. The van der Waals surface area contributed by atoms with E-state index in [1.165, 1.54) is 21.3 Å². The molecule has 0 aliphatic rings. The van der Waals surface area contributed by atoms with Crippen LogP contribution in [0.4, 0.5) is 0 Å². The molecule has 0 saturated heterocycles. The molecule has 132 valence electrons. The van der Waals surface area contributed by atoms with Crippen LogP contribution >= 0.6 is 35.0 Å². The smallest absolute Gasteiger partial charge is 0.235 e. The molecule has 10 heteroatoms. The monoisotopic (exact) mass is 398 g/mol. The predicted octanol–water partition coefficient (Wildman–Crippen LogP) is 2.82. The molecular weight excluding hydrogens is 383 g/mol. The van der Waals surface area contributed by atoms with Crippen molar-refractivity contribution < 1.29 is 4.79 Å². The van der Waals surface area contributed by atoms with Crippen molar-refractivity contribution in [2.75, 3.05) is 19.4 Å². The van der Waals surface area contributed by atoms with Gasteiger partial charge in [0, 0.05) is 24.2 Å². The summed E-state index contributed by atoms with van der Waals surface area (Å²) in [4.78, 5) is 13.8. The summed E-state index contributed by atoms with van der Waals surface area (Å²) in [5, 5.41) is 17.6. The summed E-state index contributed by atoms with van der Waals surface area (Å²) in [6.07, 6.45) is 0.282. The van der Waals surface area contributed by atoms with Gasteiger partial charge in [-0.05, 0) is 25.1 Å². The molecule has 1 aromatic heterocycles. The second-order valence-electron chi connectivity index (χ2n) is 5.23. The molecule has 0 aliphatic carbocycles. The maximum Gasteiger partial charge on any atom is 0.235 e. The third kappa shape index (κ3) is 4.57. The Bertz CT molecular complexity index is 819. The number of carbonyl (C=O) groups is 1. The first-order chi connectivity index (χ1) is 11.8. The molecule has 2 rings (SSSR count). The van der Waals surface area contributed by atoms with E-state index < -0.39 is 5.25 Å². The number of nitrogens with zero attached hydrogens (tertiary/aromatic N) is 5. The predicted molar refractivity (Wildman–Crippen MR) is 98.8 cm³/mol. The number of halogens is 2. The normalized spacial score (nSPS) is 11.8. The Balaban J connectivity index is 2.17. The van der Waals surface area contributed by atoms with E-state index in [0.29, 0.717) is 33.1 Å². The Hall–Kier alpha value is -1.95. The lowest BCUT2D eigenvalue weighted by Crippen LogP contribution is -2.34. The molecule has 7 nitrogen and oxygen atoms in total. The molecule has 1 heterocycles. The van der Waals surface area contributed by atoms with Crippen LogP contribution in [0.15, 0.2) is 23.4 Å². The first-order valence-corrected chi connectivity index (χ1v) is 8.93. The number of nitrogens with two attached hydrogens (primary N) is 1. The van der Waals surface area contributed by atoms with Crippen LogP contribution in [-0.2, 0) is 4.79 Å². The molecule has 0 fully saturated rings. The molecule has 0 unspecified atom stereocenters. The number of nitriles is 1. The standard InChI is InChI=1S/C15H16Cl2N6OS/c1-9(14(24)22(2)7-3-6-18)25-15-21-20-13(23(15)19)11-8-10(16)4-5-12(11)17/h4-5,8-9H,3,7,19H2,1-2H3/t9-/m1/s1. The highest BCUT2D eigenvalue weighted by molar-refractivity contribution is 8.00. The molecule has 0 radical (unpaired) electrons. The van der Waals surface area contributed by atoms with Gasteiger partial charge in [0.05, 0.1) is 22.8 Å². The fourth-order valence-electron chi connectivity index (χ4n) is 2.06. The average molecular weight is 399 g/mol. The highest BCUT2D eigenvalue weighted by atomic mass is 35.5. The van der Waals surface area contributed by atoms with Gasteiger partial charge >= 0.3 is 0 Å². The molecule has 0 spiro atoms. The minimum atomic E-state index is -0.433. The quantitative estimate of drug-likeness (QED) is 0.592. The molecule has 2 aromatic rings. The second kappa shape index (κ2) is 8.43. The van der Waals surface area contributed by atoms with E-state index in [9.17, 15) is 4.79 Å². The number of rotatable bonds is 6. The Kier molecular flexibility index (Phi) is 6.53. The van der Waals surface area contributed by atoms with Crippen molar-refractivity contribution in [3.8, 4) is 17.5 Å². The summed E-state index contributed by atoms with van der Waals surface area (Å²) in [7, 11) is 1.65. The fourth-order valence-corrected chi connectivity index (χ4v) is 3.32. The van der Waals surface area contributed by atoms with Crippen LogP contribution in [0.5, 0.6) is 0 Å². The molecule has 1 atom stereocenters. The van der Waals surface area contributed by atoms with Crippen LogP contribution in [0.2, 0.25) is 10.0 Å². The van der Waals surface area contributed by atoms with Gasteiger partial charge in [0.2, 0.25) is 11.1 Å². The van der Waals surface area contributed by atoms with Crippen molar-refractivity contribution in [1.82, 2.24) is 19.8 Å². The second-order valence-corrected chi connectivity index (χ2v) is 7.38. The van der Waals surface area contributed by atoms with Gasteiger partial charge in [0.15, 0.2) is 5.82 Å². The maximum atomic E-state index is 12.3. The minimum absolute atomic E-state index is 0.120.